The molecule has 4 heterocycles. The van der Waals surface area contributed by atoms with Gasteiger partial charge in [0, 0.05) is 42.6 Å². The Morgan fingerprint density at radius 1 is 1.00 bits per heavy atom. The third-order valence-corrected chi connectivity index (χ3v) is 10.6. The largest absolute Gasteiger partial charge is 0.394 e. The number of para-hydroxylation sites is 1. The molecule has 2 fully saturated rings. The first kappa shape index (κ1) is 30.6. The summed E-state index contributed by atoms with van der Waals surface area (Å²) in [7, 11) is 0. The first-order valence-electron chi connectivity index (χ1n) is 16.2. The van der Waals surface area contributed by atoms with Crippen LogP contribution in [0.2, 0.25) is 0 Å². The van der Waals surface area contributed by atoms with Crippen molar-refractivity contribution in [2.75, 3.05) is 23.0 Å². The van der Waals surface area contributed by atoms with E-state index in [0.717, 1.165) is 33.6 Å². The third kappa shape index (κ3) is 4.84. The zero-order valence-corrected chi connectivity index (χ0v) is 26.6. The minimum Gasteiger partial charge on any atom is -0.394 e. The number of amides is 3. The van der Waals surface area contributed by atoms with Crippen LogP contribution in [-0.2, 0) is 44.2 Å². The number of ether oxygens (including phenoxy) is 1. The highest BCUT2D eigenvalue weighted by atomic mass is 16.5. The summed E-state index contributed by atoms with van der Waals surface area (Å²) in [4.78, 5) is 45.8. The van der Waals surface area contributed by atoms with Crippen molar-refractivity contribution in [3.05, 3.63) is 95.1 Å². The summed E-state index contributed by atoms with van der Waals surface area (Å²) in [5.74, 6) is -1.25. The van der Waals surface area contributed by atoms with Crippen LogP contribution in [0.5, 0.6) is 0 Å². The average Bonchev–Trinajstić information content (AvgIpc) is 3.46. The lowest BCUT2D eigenvalue weighted by molar-refractivity contribution is -0.151. The van der Waals surface area contributed by atoms with E-state index in [0.29, 0.717) is 32.5 Å². The predicted octanol–water partition coefficient (Wildman–Crippen LogP) is 3.92. The number of anilines is 2. The lowest BCUT2D eigenvalue weighted by Gasteiger charge is -2.38. The van der Waals surface area contributed by atoms with Crippen LogP contribution in [0.3, 0.4) is 0 Å². The quantitative estimate of drug-likeness (QED) is 0.386. The van der Waals surface area contributed by atoms with Crippen LogP contribution < -0.4 is 9.80 Å². The number of rotatable bonds is 7. The number of carbonyl (C=O) groups is 3. The zero-order valence-electron chi connectivity index (χ0n) is 26.6. The molecule has 9 heteroatoms. The Hall–Kier alpha value is -4.05. The Labute approximate surface area is 269 Å². The molecule has 0 radical (unpaired) electrons. The SMILES string of the molecule is C[C@H]1[C@H](C(C)(C)O)[C@@H](CC(=O)N2Cc3ccccc3C[C@H]2CO)O[C@]12C(=O)N(Cc1ccc(N3CCC3=O)cc1)c1ccccc12. The number of hydrogen-bond acceptors (Lipinski definition) is 6. The molecule has 7 rings (SSSR count). The minimum atomic E-state index is -1.37. The van der Waals surface area contributed by atoms with Gasteiger partial charge in [-0.05, 0) is 55.2 Å². The number of β-lactam (4-membered cyclic amide) rings is 1. The van der Waals surface area contributed by atoms with Crippen LogP contribution in [0.1, 0.15) is 55.9 Å². The third-order valence-electron chi connectivity index (χ3n) is 10.6. The first-order chi connectivity index (χ1) is 22.0. The van der Waals surface area contributed by atoms with Gasteiger partial charge in [-0.2, -0.15) is 0 Å². The van der Waals surface area contributed by atoms with Gasteiger partial charge >= 0.3 is 0 Å². The van der Waals surface area contributed by atoms with Crippen LogP contribution in [0, 0.1) is 11.8 Å². The molecule has 240 valence electrons. The molecule has 2 N–H and O–H groups in total. The van der Waals surface area contributed by atoms with Crippen LogP contribution in [0.15, 0.2) is 72.8 Å². The fourth-order valence-corrected chi connectivity index (χ4v) is 8.27. The average molecular weight is 624 g/mol. The van der Waals surface area contributed by atoms with Crippen molar-refractivity contribution in [2.24, 2.45) is 11.8 Å². The molecule has 5 atom stereocenters. The summed E-state index contributed by atoms with van der Waals surface area (Å²) in [5.41, 5.74) is 2.80. The molecule has 3 aromatic carbocycles. The molecule has 0 bridgehead atoms. The van der Waals surface area contributed by atoms with E-state index in [-0.39, 0.29) is 36.8 Å². The van der Waals surface area contributed by atoms with Gasteiger partial charge in [0.15, 0.2) is 5.60 Å². The number of aliphatic hydroxyl groups excluding tert-OH is 1. The summed E-state index contributed by atoms with van der Waals surface area (Å²) < 4.78 is 6.85. The maximum absolute atomic E-state index is 14.7. The maximum atomic E-state index is 14.7. The molecule has 4 aliphatic heterocycles. The molecule has 3 aromatic rings. The van der Waals surface area contributed by atoms with Crippen LogP contribution >= 0.6 is 0 Å². The molecule has 9 nitrogen and oxygen atoms in total. The Balaban J connectivity index is 1.18. The zero-order chi connectivity index (χ0) is 32.4. The lowest BCUT2D eigenvalue weighted by Crippen LogP contribution is -2.48. The van der Waals surface area contributed by atoms with E-state index >= 15 is 0 Å². The van der Waals surface area contributed by atoms with Crippen molar-refractivity contribution in [1.82, 2.24) is 4.90 Å². The van der Waals surface area contributed by atoms with Gasteiger partial charge < -0.3 is 29.6 Å². The Morgan fingerprint density at radius 3 is 2.35 bits per heavy atom. The summed E-state index contributed by atoms with van der Waals surface area (Å²) in [5, 5.41) is 21.7. The topological polar surface area (TPSA) is 111 Å². The standard InChI is InChI=1S/C37H41N3O6/c1-23-34(36(2,3)45)31(19-33(43)39-21-26-9-5-4-8-25(26)18-28(39)22-41)46-37(23)29-10-6-7-11-30(29)40(35(37)44)20-24-12-14-27(15-13-24)38-17-16-32(38)42/h4-15,23,28,31,34,41,45H,16-22H2,1-3H3/t23-,28-,31+,34-,37+/m0/s1. The van der Waals surface area contributed by atoms with Crippen molar-refractivity contribution in [1.29, 1.82) is 0 Å². The van der Waals surface area contributed by atoms with E-state index < -0.39 is 29.1 Å². The van der Waals surface area contributed by atoms with Gasteiger partial charge in [0.25, 0.3) is 5.91 Å². The number of hydrogen-bond donors (Lipinski definition) is 2. The van der Waals surface area contributed by atoms with E-state index in [2.05, 4.69) is 0 Å². The smallest absolute Gasteiger partial charge is 0.264 e. The highest BCUT2D eigenvalue weighted by Crippen LogP contribution is 2.58. The number of nitrogens with zero attached hydrogens (tertiary/aromatic N) is 3. The van der Waals surface area contributed by atoms with Crippen LogP contribution in [0.25, 0.3) is 0 Å². The van der Waals surface area contributed by atoms with Crippen LogP contribution in [0.4, 0.5) is 11.4 Å². The Morgan fingerprint density at radius 2 is 1.70 bits per heavy atom. The second-order valence-electron chi connectivity index (χ2n) is 13.8. The number of fused-ring (bicyclic) bond motifs is 3. The van der Waals surface area contributed by atoms with Gasteiger partial charge in [-0.3, -0.25) is 14.4 Å². The highest BCUT2D eigenvalue weighted by molar-refractivity contribution is 6.07. The van der Waals surface area contributed by atoms with Crippen LogP contribution in [-0.4, -0.2) is 63.7 Å². The van der Waals surface area contributed by atoms with E-state index in [4.69, 9.17) is 4.74 Å². The Kier molecular flexibility index (Phi) is 7.54. The van der Waals surface area contributed by atoms with Crippen molar-refractivity contribution in [2.45, 2.75) is 76.5 Å². The second-order valence-corrected chi connectivity index (χ2v) is 13.8. The Bertz CT molecular complexity index is 1680. The summed E-state index contributed by atoms with van der Waals surface area (Å²) in [6.45, 7) is 6.63. The molecule has 1 spiro atoms. The maximum Gasteiger partial charge on any atom is 0.264 e. The van der Waals surface area contributed by atoms with E-state index in [9.17, 15) is 24.6 Å². The molecule has 0 aliphatic carbocycles. The molecule has 3 amide bonds. The minimum absolute atomic E-state index is 0.0223. The molecular formula is C37H41N3O6. The fraction of sp³-hybridized carbons (Fsp3) is 0.432. The number of aliphatic hydroxyl groups is 2. The van der Waals surface area contributed by atoms with Crippen molar-refractivity contribution < 1.29 is 29.3 Å². The van der Waals surface area contributed by atoms with Gasteiger partial charge in [0.1, 0.15) is 0 Å². The number of carbonyl (C=O) groups excluding carboxylic acids is 3. The highest BCUT2D eigenvalue weighted by Gasteiger charge is 2.66. The molecule has 0 unspecified atom stereocenters. The fourth-order valence-electron chi connectivity index (χ4n) is 8.27. The molecule has 0 saturated carbocycles. The van der Waals surface area contributed by atoms with Gasteiger partial charge in [0.2, 0.25) is 11.8 Å². The molecular weight excluding hydrogens is 582 g/mol. The summed E-state index contributed by atoms with van der Waals surface area (Å²) in [6, 6.07) is 22.9. The summed E-state index contributed by atoms with van der Waals surface area (Å²) in [6.07, 6.45) is 0.373. The second kappa shape index (κ2) is 11.3. The van der Waals surface area contributed by atoms with E-state index in [1.807, 2.05) is 79.7 Å². The van der Waals surface area contributed by atoms with Gasteiger partial charge in [-0.15, -0.1) is 0 Å². The van der Waals surface area contributed by atoms with Crippen molar-refractivity contribution >= 4 is 29.1 Å². The number of benzene rings is 3. The predicted molar refractivity (Wildman–Crippen MR) is 173 cm³/mol. The van der Waals surface area contributed by atoms with Gasteiger partial charge in [0.05, 0.1) is 43.0 Å². The van der Waals surface area contributed by atoms with E-state index in [1.165, 1.54) is 0 Å². The first-order valence-corrected chi connectivity index (χ1v) is 16.2. The lowest BCUT2D eigenvalue weighted by atomic mass is 9.70. The molecule has 46 heavy (non-hydrogen) atoms. The molecule has 4 aliphatic rings. The van der Waals surface area contributed by atoms with Crippen molar-refractivity contribution in [3.63, 3.8) is 0 Å². The molecule has 0 aromatic heterocycles. The van der Waals surface area contributed by atoms with Gasteiger partial charge in [-0.25, -0.2) is 0 Å². The van der Waals surface area contributed by atoms with E-state index in [1.54, 1.807) is 28.5 Å². The van der Waals surface area contributed by atoms with Crippen molar-refractivity contribution in [3.8, 4) is 0 Å². The summed E-state index contributed by atoms with van der Waals surface area (Å²) >= 11 is 0. The monoisotopic (exact) mass is 623 g/mol. The van der Waals surface area contributed by atoms with Gasteiger partial charge in [-0.1, -0.05) is 61.5 Å². The molecule has 2 saturated heterocycles. The normalized spacial score (nSPS) is 27.2.